The van der Waals surface area contributed by atoms with E-state index in [0.29, 0.717) is 22.6 Å². The minimum Gasteiger partial charge on any atom is -0.368 e. The monoisotopic (exact) mass is 387 g/mol. The molecule has 3 heterocycles. The molecule has 0 unspecified atom stereocenters. The predicted molar refractivity (Wildman–Crippen MR) is 106 cm³/mol. The van der Waals surface area contributed by atoms with Gasteiger partial charge in [0.25, 0.3) is 0 Å². The van der Waals surface area contributed by atoms with E-state index in [1.165, 1.54) is 4.90 Å². The van der Waals surface area contributed by atoms with Gasteiger partial charge in [-0.15, -0.1) is 0 Å². The van der Waals surface area contributed by atoms with Gasteiger partial charge in [-0.05, 0) is 23.8 Å². The number of primary amides is 1. The minimum atomic E-state index is -1.24. The lowest BCUT2D eigenvalue weighted by atomic mass is 9.72. The van der Waals surface area contributed by atoms with Crippen molar-refractivity contribution in [1.82, 2.24) is 9.78 Å². The molecular formula is C21H17N5O3. The highest BCUT2D eigenvalue weighted by Gasteiger charge is 2.57. The first-order chi connectivity index (χ1) is 14.0. The number of aromatic nitrogens is 2. The number of para-hydroxylation sites is 2. The molecule has 3 amide bonds. The molecule has 1 spiro atoms. The molecule has 0 radical (unpaired) electrons. The second-order valence-electron chi connectivity index (χ2n) is 7.16. The fourth-order valence-electron chi connectivity index (χ4n) is 4.33. The minimum absolute atomic E-state index is 0.0639. The summed E-state index contributed by atoms with van der Waals surface area (Å²) in [6.45, 7) is -0.249. The summed E-state index contributed by atoms with van der Waals surface area (Å²) in [6, 6.07) is 16.5. The third-order valence-electron chi connectivity index (χ3n) is 5.49. The zero-order valence-corrected chi connectivity index (χ0v) is 15.3. The van der Waals surface area contributed by atoms with Crippen molar-refractivity contribution in [2.24, 2.45) is 5.73 Å². The van der Waals surface area contributed by atoms with Gasteiger partial charge >= 0.3 is 0 Å². The number of benzene rings is 2. The van der Waals surface area contributed by atoms with Gasteiger partial charge in [-0.3, -0.25) is 14.4 Å². The molecule has 0 fully saturated rings. The molecule has 1 aromatic heterocycles. The Bertz CT molecular complexity index is 1170. The molecule has 2 aromatic carbocycles. The van der Waals surface area contributed by atoms with Gasteiger partial charge in [0.05, 0.1) is 11.9 Å². The quantitative estimate of drug-likeness (QED) is 0.706. The summed E-state index contributed by atoms with van der Waals surface area (Å²) in [4.78, 5) is 39.3. The molecule has 0 bridgehead atoms. The first-order valence-electron chi connectivity index (χ1n) is 9.16. The van der Waals surface area contributed by atoms with Crippen LogP contribution in [0, 0.1) is 0 Å². The van der Waals surface area contributed by atoms with Gasteiger partial charge in [0.2, 0.25) is 17.7 Å². The maximum atomic E-state index is 13.6. The maximum absolute atomic E-state index is 13.6. The Morgan fingerprint density at radius 3 is 2.55 bits per heavy atom. The average molecular weight is 387 g/mol. The van der Waals surface area contributed by atoms with Crippen molar-refractivity contribution in [3.63, 3.8) is 0 Å². The number of amides is 3. The molecule has 0 saturated heterocycles. The van der Waals surface area contributed by atoms with Crippen LogP contribution in [-0.2, 0) is 19.8 Å². The van der Waals surface area contributed by atoms with Crippen LogP contribution in [0.3, 0.4) is 0 Å². The Morgan fingerprint density at radius 2 is 1.79 bits per heavy atom. The van der Waals surface area contributed by atoms with Gasteiger partial charge in [-0.25, -0.2) is 4.68 Å². The van der Waals surface area contributed by atoms with Gasteiger partial charge < -0.3 is 16.0 Å². The van der Waals surface area contributed by atoms with Crippen molar-refractivity contribution in [2.45, 2.75) is 11.8 Å². The smallest absolute Gasteiger partial charge is 0.243 e. The van der Waals surface area contributed by atoms with Crippen LogP contribution < -0.4 is 16.0 Å². The van der Waals surface area contributed by atoms with E-state index < -0.39 is 11.3 Å². The van der Waals surface area contributed by atoms with Crippen LogP contribution in [0.5, 0.6) is 0 Å². The van der Waals surface area contributed by atoms with Gasteiger partial charge in [-0.1, -0.05) is 36.4 Å². The Hall–Kier alpha value is -3.94. The molecule has 144 valence electrons. The van der Waals surface area contributed by atoms with Gasteiger partial charge in [0.15, 0.2) is 0 Å². The average Bonchev–Trinajstić information content (AvgIpc) is 3.23. The number of anilines is 2. The van der Waals surface area contributed by atoms with Crippen LogP contribution in [0.4, 0.5) is 11.5 Å². The van der Waals surface area contributed by atoms with Gasteiger partial charge in [-0.2, -0.15) is 5.10 Å². The van der Waals surface area contributed by atoms with Crippen molar-refractivity contribution in [1.29, 1.82) is 0 Å². The van der Waals surface area contributed by atoms with Crippen LogP contribution in [0.2, 0.25) is 0 Å². The van der Waals surface area contributed by atoms with Crippen molar-refractivity contribution >= 4 is 29.2 Å². The summed E-state index contributed by atoms with van der Waals surface area (Å²) in [5.74, 6) is -0.803. The Kier molecular flexibility index (Phi) is 3.57. The molecular weight excluding hydrogens is 370 g/mol. The number of hydrogen-bond acceptors (Lipinski definition) is 4. The Labute approximate surface area is 165 Å². The number of nitrogens with zero attached hydrogens (tertiary/aromatic N) is 3. The zero-order chi connectivity index (χ0) is 20.2. The third kappa shape index (κ3) is 2.32. The molecule has 5 rings (SSSR count). The third-order valence-corrected chi connectivity index (χ3v) is 5.49. The number of rotatable bonds is 3. The van der Waals surface area contributed by atoms with E-state index in [4.69, 9.17) is 5.73 Å². The molecule has 0 saturated carbocycles. The van der Waals surface area contributed by atoms with Gasteiger partial charge in [0, 0.05) is 17.7 Å². The molecule has 3 N–H and O–H groups in total. The topological polar surface area (TPSA) is 110 Å². The normalized spacial score (nSPS) is 19.8. The zero-order valence-electron chi connectivity index (χ0n) is 15.3. The lowest BCUT2D eigenvalue weighted by Gasteiger charge is -2.32. The highest BCUT2D eigenvalue weighted by Crippen LogP contribution is 2.52. The Morgan fingerprint density at radius 1 is 1.07 bits per heavy atom. The van der Waals surface area contributed by atoms with E-state index in [-0.39, 0.29) is 24.8 Å². The van der Waals surface area contributed by atoms with Crippen molar-refractivity contribution in [2.75, 3.05) is 16.8 Å². The molecule has 3 aromatic rings. The predicted octanol–water partition coefficient (Wildman–Crippen LogP) is 1.33. The molecule has 2 aliphatic heterocycles. The summed E-state index contributed by atoms with van der Waals surface area (Å²) < 4.78 is 1.61. The summed E-state index contributed by atoms with van der Waals surface area (Å²) in [7, 11) is 0. The first kappa shape index (κ1) is 17.2. The first-order valence-corrected chi connectivity index (χ1v) is 9.16. The molecule has 0 aliphatic carbocycles. The number of carbonyl (C=O) groups excluding carboxylic acids is 3. The van der Waals surface area contributed by atoms with E-state index in [2.05, 4.69) is 10.4 Å². The fourth-order valence-corrected chi connectivity index (χ4v) is 4.33. The number of nitrogens with two attached hydrogens (primary N) is 1. The van der Waals surface area contributed by atoms with E-state index in [9.17, 15) is 14.4 Å². The standard InChI is InChI=1S/C21H17N5O3/c22-17(27)12-25-16-9-5-4-8-14(16)21(20(25)29)10-18(28)24-19-15(21)11-23-26(19)13-6-2-1-3-7-13/h1-9,11H,10,12H2,(H2,22,27)(H,24,28)/t21-/m1/s1. The lowest BCUT2D eigenvalue weighted by Crippen LogP contribution is -2.48. The highest BCUT2D eigenvalue weighted by atomic mass is 16.2. The molecule has 1 atom stereocenters. The molecule has 8 heteroatoms. The summed E-state index contributed by atoms with van der Waals surface area (Å²) in [6.07, 6.45) is 1.55. The van der Waals surface area contributed by atoms with Gasteiger partial charge in [0.1, 0.15) is 17.8 Å². The van der Waals surface area contributed by atoms with Crippen molar-refractivity contribution < 1.29 is 14.4 Å². The largest absolute Gasteiger partial charge is 0.368 e. The van der Waals surface area contributed by atoms with Crippen molar-refractivity contribution in [3.8, 4) is 5.69 Å². The summed E-state index contributed by atoms with van der Waals surface area (Å²) in [5.41, 5.74) is 6.77. The number of hydrogen-bond donors (Lipinski definition) is 2. The maximum Gasteiger partial charge on any atom is 0.243 e. The van der Waals surface area contributed by atoms with E-state index >= 15 is 0 Å². The SMILES string of the molecule is NC(=O)CN1C(=O)[C@]2(CC(=O)Nc3c2cnn3-c2ccccc2)c2ccccc21. The Balaban J connectivity index is 1.75. The fraction of sp³-hybridized carbons (Fsp3) is 0.143. The van der Waals surface area contributed by atoms with Crippen LogP contribution >= 0.6 is 0 Å². The number of carbonyl (C=O) groups is 3. The number of nitrogens with one attached hydrogen (secondary N) is 1. The summed E-state index contributed by atoms with van der Waals surface area (Å²) >= 11 is 0. The van der Waals surface area contributed by atoms with E-state index in [0.717, 1.165) is 5.69 Å². The highest BCUT2D eigenvalue weighted by molar-refractivity contribution is 6.17. The molecule has 2 aliphatic rings. The van der Waals surface area contributed by atoms with E-state index in [1.54, 1.807) is 23.0 Å². The molecule has 8 nitrogen and oxygen atoms in total. The second-order valence-corrected chi connectivity index (χ2v) is 7.16. The van der Waals surface area contributed by atoms with Crippen molar-refractivity contribution in [3.05, 3.63) is 71.9 Å². The van der Waals surface area contributed by atoms with Crippen LogP contribution in [-0.4, -0.2) is 34.0 Å². The molecule has 29 heavy (non-hydrogen) atoms. The summed E-state index contributed by atoms with van der Waals surface area (Å²) in [5, 5.41) is 7.32. The lowest BCUT2D eigenvalue weighted by molar-refractivity contribution is -0.127. The van der Waals surface area contributed by atoms with Crippen LogP contribution in [0.25, 0.3) is 5.69 Å². The second kappa shape index (κ2) is 6.03. The van der Waals surface area contributed by atoms with Crippen LogP contribution in [0.15, 0.2) is 60.8 Å². The number of fused-ring (bicyclic) bond motifs is 4. The van der Waals surface area contributed by atoms with Crippen LogP contribution in [0.1, 0.15) is 17.5 Å². The van der Waals surface area contributed by atoms with E-state index in [1.807, 2.05) is 42.5 Å².